The number of imidazole rings is 1. The summed E-state index contributed by atoms with van der Waals surface area (Å²) in [5.74, 6) is 2.41. The van der Waals surface area contributed by atoms with Crippen molar-refractivity contribution in [1.29, 1.82) is 0 Å². The second-order valence-electron chi connectivity index (χ2n) is 10.1. The highest BCUT2D eigenvalue weighted by molar-refractivity contribution is 5.84. The molecule has 3 fully saturated rings. The number of hydrogen-bond donors (Lipinski definition) is 1. The molecule has 1 aliphatic carbocycles. The molecule has 6 heteroatoms. The summed E-state index contributed by atoms with van der Waals surface area (Å²) in [5.41, 5.74) is 4.59. The summed E-state index contributed by atoms with van der Waals surface area (Å²) in [7, 11) is 1.93. The number of ether oxygens (including phenoxy) is 1. The smallest absolute Gasteiger partial charge is 0.239 e. The van der Waals surface area contributed by atoms with Crippen LogP contribution < -0.4 is 10.1 Å². The first-order valence-corrected chi connectivity index (χ1v) is 12.3. The molecule has 1 N–H and O–H groups in total. The largest absolute Gasteiger partial charge is 0.493 e. The third-order valence-electron chi connectivity index (χ3n) is 7.95. The van der Waals surface area contributed by atoms with Gasteiger partial charge in [-0.05, 0) is 49.3 Å². The van der Waals surface area contributed by atoms with Crippen molar-refractivity contribution in [3.05, 3.63) is 59.9 Å². The fourth-order valence-electron chi connectivity index (χ4n) is 5.80. The molecule has 6 nitrogen and oxygen atoms in total. The fraction of sp³-hybridized carbons (Fsp3) is 0.481. The summed E-state index contributed by atoms with van der Waals surface area (Å²) in [6.07, 6.45) is 6.80. The number of carbonyl (C=O) groups is 1. The molecular formula is C27H32N4O2. The first-order valence-electron chi connectivity index (χ1n) is 12.3. The maximum Gasteiger partial charge on any atom is 0.239 e. The van der Waals surface area contributed by atoms with E-state index in [9.17, 15) is 4.79 Å². The van der Waals surface area contributed by atoms with Gasteiger partial charge in [0, 0.05) is 37.7 Å². The number of aromatic nitrogens is 2. The molecule has 3 aromatic rings. The maximum absolute atomic E-state index is 12.8. The van der Waals surface area contributed by atoms with E-state index in [4.69, 9.17) is 9.72 Å². The molecule has 33 heavy (non-hydrogen) atoms. The molecule has 6 rings (SSSR count). The van der Waals surface area contributed by atoms with E-state index < -0.39 is 0 Å². The number of likely N-dealkylation sites (N-methyl/N-ethyl adjacent to an activating group) is 1. The highest BCUT2D eigenvalue weighted by atomic mass is 16.5. The number of hydrogen-bond acceptors (Lipinski definition) is 4. The molecular weight excluding hydrogens is 412 g/mol. The Morgan fingerprint density at radius 2 is 2.00 bits per heavy atom. The molecule has 3 aliphatic rings. The third kappa shape index (κ3) is 3.80. The standard InChI is InChI=1S/C27H32N4O2/c1-30-15-22(20-10-11-28-26(20)27(30)32)21-12-24-23(13-25(21)33-16-19-8-5-9-19)29-17-31(24)14-18-6-3-2-4-7-18/h2-4,6-7,12-13,17,19-20,22,26,28H,5,8-11,14-16H2,1H3. The van der Waals surface area contributed by atoms with Crippen molar-refractivity contribution in [1.82, 2.24) is 19.8 Å². The Morgan fingerprint density at radius 1 is 1.15 bits per heavy atom. The van der Waals surface area contributed by atoms with Gasteiger partial charge in [0.15, 0.2) is 0 Å². The predicted octanol–water partition coefficient (Wildman–Crippen LogP) is 3.80. The molecule has 172 valence electrons. The van der Waals surface area contributed by atoms with Crippen molar-refractivity contribution in [2.45, 2.75) is 44.2 Å². The average molecular weight is 445 g/mol. The van der Waals surface area contributed by atoms with Gasteiger partial charge in [-0.2, -0.15) is 0 Å². The van der Waals surface area contributed by atoms with Gasteiger partial charge in [-0.1, -0.05) is 36.8 Å². The zero-order valence-corrected chi connectivity index (χ0v) is 19.2. The van der Waals surface area contributed by atoms with Crippen LogP contribution in [0.1, 0.15) is 42.7 Å². The van der Waals surface area contributed by atoms with Crippen LogP contribution in [0, 0.1) is 11.8 Å². The molecule has 0 spiro atoms. The summed E-state index contributed by atoms with van der Waals surface area (Å²) < 4.78 is 8.70. The second kappa shape index (κ2) is 8.49. The van der Waals surface area contributed by atoms with E-state index in [2.05, 4.69) is 46.3 Å². The van der Waals surface area contributed by atoms with Gasteiger partial charge in [-0.25, -0.2) is 4.98 Å². The molecule has 2 aliphatic heterocycles. The van der Waals surface area contributed by atoms with Gasteiger partial charge >= 0.3 is 0 Å². The zero-order chi connectivity index (χ0) is 22.4. The first kappa shape index (κ1) is 20.7. The highest BCUT2D eigenvalue weighted by Crippen LogP contribution is 2.43. The number of rotatable bonds is 6. The lowest BCUT2D eigenvalue weighted by Gasteiger charge is -2.39. The highest BCUT2D eigenvalue weighted by Gasteiger charge is 2.45. The molecule has 1 amide bonds. The molecule has 2 aromatic carbocycles. The summed E-state index contributed by atoms with van der Waals surface area (Å²) >= 11 is 0. The third-order valence-corrected chi connectivity index (χ3v) is 7.95. The zero-order valence-electron chi connectivity index (χ0n) is 19.2. The Kier molecular flexibility index (Phi) is 5.33. The van der Waals surface area contributed by atoms with E-state index >= 15 is 0 Å². The summed E-state index contributed by atoms with van der Waals surface area (Å²) in [5, 5.41) is 3.45. The molecule has 3 atom stereocenters. The minimum absolute atomic E-state index is 0.0850. The lowest BCUT2D eigenvalue weighted by molar-refractivity contribution is -0.136. The van der Waals surface area contributed by atoms with Crippen LogP contribution in [0.5, 0.6) is 5.75 Å². The van der Waals surface area contributed by atoms with Gasteiger partial charge in [-0.15, -0.1) is 0 Å². The Bertz CT molecular complexity index is 1150. The van der Waals surface area contributed by atoms with E-state index in [-0.39, 0.29) is 17.9 Å². The van der Waals surface area contributed by atoms with Crippen molar-refractivity contribution in [3.8, 4) is 5.75 Å². The van der Waals surface area contributed by atoms with Crippen LogP contribution in [-0.2, 0) is 11.3 Å². The predicted molar refractivity (Wildman–Crippen MR) is 128 cm³/mol. The molecule has 1 saturated carbocycles. The fourth-order valence-corrected chi connectivity index (χ4v) is 5.80. The topological polar surface area (TPSA) is 59.4 Å². The second-order valence-corrected chi connectivity index (χ2v) is 10.1. The van der Waals surface area contributed by atoms with Crippen LogP contribution in [-0.4, -0.2) is 53.1 Å². The van der Waals surface area contributed by atoms with Gasteiger partial charge in [0.05, 0.1) is 30.0 Å². The number of carbonyl (C=O) groups excluding carboxylic acids is 1. The van der Waals surface area contributed by atoms with Crippen molar-refractivity contribution in [2.75, 3.05) is 26.7 Å². The van der Waals surface area contributed by atoms with Crippen LogP contribution in [0.25, 0.3) is 11.0 Å². The number of amides is 1. The number of piperidine rings is 1. The minimum Gasteiger partial charge on any atom is -0.493 e. The minimum atomic E-state index is -0.0850. The average Bonchev–Trinajstić information content (AvgIpc) is 3.43. The van der Waals surface area contributed by atoms with E-state index in [1.807, 2.05) is 24.3 Å². The van der Waals surface area contributed by atoms with Gasteiger partial charge in [0.2, 0.25) is 5.91 Å². The van der Waals surface area contributed by atoms with E-state index in [1.54, 1.807) is 0 Å². The Labute approximate surface area is 194 Å². The van der Waals surface area contributed by atoms with E-state index in [0.29, 0.717) is 11.8 Å². The van der Waals surface area contributed by atoms with Crippen LogP contribution in [0.15, 0.2) is 48.8 Å². The number of fused-ring (bicyclic) bond motifs is 2. The quantitative estimate of drug-likeness (QED) is 0.628. The summed E-state index contributed by atoms with van der Waals surface area (Å²) in [6, 6.07) is 14.9. The van der Waals surface area contributed by atoms with Crippen LogP contribution >= 0.6 is 0 Å². The first-order chi connectivity index (χ1) is 16.2. The molecule has 2 saturated heterocycles. The SMILES string of the molecule is CN1CC(c2cc3c(cc2OCC2CCC2)ncn3Cc2ccccc2)C2CCNC2C1=O. The van der Waals surface area contributed by atoms with Crippen molar-refractivity contribution in [2.24, 2.45) is 11.8 Å². The number of likely N-dealkylation sites (tertiary alicyclic amines) is 1. The Balaban J connectivity index is 1.40. The number of nitrogens with zero attached hydrogens (tertiary/aromatic N) is 3. The Morgan fingerprint density at radius 3 is 2.79 bits per heavy atom. The van der Waals surface area contributed by atoms with Gasteiger partial charge in [-0.3, -0.25) is 4.79 Å². The molecule has 0 bridgehead atoms. The van der Waals surface area contributed by atoms with E-state index in [0.717, 1.165) is 49.4 Å². The van der Waals surface area contributed by atoms with Gasteiger partial charge in [0.1, 0.15) is 5.75 Å². The molecule has 3 heterocycles. The molecule has 3 unspecified atom stereocenters. The number of nitrogens with one attached hydrogen (secondary N) is 1. The summed E-state index contributed by atoms with van der Waals surface area (Å²) in [4.78, 5) is 19.4. The summed E-state index contributed by atoms with van der Waals surface area (Å²) in [6.45, 7) is 3.20. The molecule has 0 radical (unpaired) electrons. The van der Waals surface area contributed by atoms with Crippen LogP contribution in [0.4, 0.5) is 0 Å². The monoisotopic (exact) mass is 444 g/mol. The van der Waals surface area contributed by atoms with Gasteiger partial charge < -0.3 is 19.5 Å². The maximum atomic E-state index is 12.8. The lowest BCUT2D eigenvalue weighted by Crippen LogP contribution is -2.53. The van der Waals surface area contributed by atoms with Crippen LogP contribution in [0.3, 0.4) is 0 Å². The van der Waals surface area contributed by atoms with Crippen LogP contribution in [0.2, 0.25) is 0 Å². The van der Waals surface area contributed by atoms with Crippen molar-refractivity contribution < 1.29 is 9.53 Å². The normalized spacial score (nSPS) is 25.3. The van der Waals surface area contributed by atoms with Crippen molar-refractivity contribution in [3.63, 3.8) is 0 Å². The van der Waals surface area contributed by atoms with E-state index in [1.165, 1.54) is 30.4 Å². The lowest BCUT2D eigenvalue weighted by atomic mass is 9.77. The molecule has 1 aromatic heterocycles. The number of benzene rings is 2. The van der Waals surface area contributed by atoms with Crippen molar-refractivity contribution >= 4 is 16.9 Å². The Hall–Kier alpha value is -2.86. The van der Waals surface area contributed by atoms with Gasteiger partial charge in [0.25, 0.3) is 0 Å².